The van der Waals surface area contributed by atoms with Crippen LogP contribution in [0.4, 0.5) is 5.69 Å². The van der Waals surface area contributed by atoms with Crippen molar-refractivity contribution < 1.29 is 27.2 Å². The third-order valence-electron chi connectivity index (χ3n) is 5.40. The SMILES string of the molecule is O=C1[C@@H]2[C@@H]3CC[C@@H](C3)[C@@H]2C(=O)N1OS(=O)(=O)c1ccc([N+](=O)[O-])cc1. The van der Waals surface area contributed by atoms with E-state index in [1.807, 2.05) is 0 Å². The van der Waals surface area contributed by atoms with Gasteiger partial charge in [-0.25, -0.2) is 0 Å². The average Bonchev–Trinajstić information content (AvgIpc) is 3.25. The quantitative estimate of drug-likeness (QED) is 0.446. The number of imide groups is 1. The first-order valence-electron chi connectivity index (χ1n) is 7.86. The summed E-state index contributed by atoms with van der Waals surface area (Å²) < 4.78 is 29.4. The number of benzene rings is 1. The van der Waals surface area contributed by atoms with Crippen LogP contribution in [0.2, 0.25) is 0 Å². The molecule has 2 aliphatic carbocycles. The predicted octanol–water partition coefficient (Wildman–Crippen LogP) is 1.25. The highest BCUT2D eigenvalue weighted by Crippen LogP contribution is 2.56. The number of amides is 2. The van der Waals surface area contributed by atoms with E-state index >= 15 is 0 Å². The van der Waals surface area contributed by atoms with Crippen LogP contribution in [0.25, 0.3) is 0 Å². The highest BCUT2D eigenvalue weighted by atomic mass is 32.2. The Hall–Kier alpha value is -2.33. The first-order valence-corrected chi connectivity index (χ1v) is 9.27. The van der Waals surface area contributed by atoms with Crippen LogP contribution in [-0.2, 0) is 24.0 Å². The topological polar surface area (TPSA) is 124 Å². The van der Waals surface area contributed by atoms with Crippen molar-refractivity contribution in [2.45, 2.75) is 24.2 Å². The van der Waals surface area contributed by atoms with Gasteiger partial charge < -0.3 is 0 Å². The Kier molecular flexibility index (Phi) is 3.45. The van der Waals surface area contributed by atoms with Crippen molar-refractivity contribution in [1.29, 1.82) is 0 Å². The van der Waals surface area contributed by atoms with Crippen LogP contribution in [-0.4, -0.2) is 30.2 Å². The third kappa shape index (κ3) is 2.35. The van der Waals surface area contributed by atoms with E-state index in [9.17, 15) is 28.1 Å². The summed E-state index contributed by atoms with van der Waals surface area (Å²) in [6, 6.07) is 4.03. The highest BCUT2D eigenvalue weighted by molar-refractivity contribution is 7.86. The van der Waals surface area contributed by atoms with Gasteiger partial charge in [0.05, 0.1) is 21.7 Å². The smallest absolute Gasteiger partial charge is 0.272 e. The summed E-state index contributed by atoms with van der Waals surface area (Å²) in [5.41, 5.74) is -0.279. The van der Waals surface area contributed by atoms with E-state index in [0.29, 0.717) is 5.06 Å². The first kappa shape index (κ1) is 16.2. The fraction of sp³-hybridized carbons (Fsp3) is 0.467. The maximum atomic E-state index is 12.5. The number of non-ortho nitro benzene ring substituents is 1. The fourth-order valence-electron chi connectivity index (χ4n) is 4.33. The summed E-state index contributed by atoms with van der Waals surface area (Å²) in [7, 11) is -4.44. The van der Waals surface area contributed by atoms with E-state index in [2.05, 4.69) is 0 Å². The van der Waals surface area contributed by atoms with Crippen molar-refractivity contribution in [2.75, 3.05) is 0 Å². The minimum absolute atomic E-state index is 0.113. The molecule has 0 spiro atoms. The lowest BCUT2D eigenvalue weighted by atomic mass is 9.81. The van der Waals surface area contributed by atoms with Crippen molar-refractivity contribution in [1.82, 2.24) is 5.06 Å². The Balaban J connectivity index is 1.58. The number of hydrogen-bond acceptors (Lipinski definition) is 7. The van der Waals surface area contributed by atoms with E-state index in [1.54, 1.807) is 0 Å². The standard InChI is InChI=1S/C15H14N2O7S/c18-14-12-8-1-2-9(7-8)13(12)15(19)16(14)24-25(22,23)11-5-3-10(4-6-11)17(20)21/h3-6,8-9,12-13H,1-2,7H2/t8-,9+,12-,13+. The third-order valence-corrected chi connectivity index (χ3v) is 6.59. The van der Waals surface area contributed by atoms with Crippen LogP contribution in [0.15, 0.2) is 29.2 Å². The summed E-state index contributed by atoms with van der Waals surface area (Å²) in [5, 5.41) is 11.0. The molecule has 132 valence electrons. The Morgan fingerprint density at radius 2 is 1.56 bits per heavy atom. The molecule has 0 unspecified atom stereocenters. The van der Waals surface area contributed by atoms with Gasteiger partial charge in [-0.2, -0.15) is 8.42 Å². The Morgan fingerprint density at radius 1 is 1.04 bits per heavy atom. The molecule has 1 heterocycles. The molecule has 0 radical (unpaired) electrons. The van der Waals surface area contributed by atoms with Crippen molar-refractivity contribution in [2.24, 2.45) is 23.7 Å². The molecule has 1 saturated heterocycles. The van der Waals surface area contributed by atoms with Crippen LogP contribution in [0, 0.1) is 33.8 Å². The summed E-state index contributed by atoms with van der Waals surface area (Å²) in [6.45, 7) is 0. The minimum atomic E-state index is -4.44. The number of carbonyl (C=O) groups excluding carboxylic acids is 2. The number of rotatable bonds is 4. The molecule has 1 aromatic rings. The molecule has 4 atom stereocenters. The molecule has 3 aliphatic rings. The zero-order valence-electron chi connectivity index (χ0n) is 12.9. The molecule has 10 heteroatoms. The van der Waals surface area contributed by atoms with Crippen LogP contribution in [0.1, 0.15) is 19.3 Å². The lowest BCUT2D eigenvalue weighted by Crippen LogP contribution is -2.35. The zero-order chi connectivity index (χ0) is 17.9. The molecule has 4 rings (SSSR count). The molecule has 2 bridgehead atoms. The minimum Gasteiger partial charge on any atom is -0.272 e. The predicted molar refractivity (Wildman–Crippen MR) is 81.0 cm³/mol. The summed E-state index contributed by atoms with van der Waals surface area (Å²) in [4.78, 5) is 34.5. The van der Waals surface area contributed by atoms with Crippen LogP contribution >= 0.6 is 0 Å². The molecular weight excluding hydrogens is 352 g/mol. The molecule has 2 amide bonds. The molecular formula is C15H14N2O7S. The van der Waals surface area contributed by atoms with Crippen LogP contribution in [0.5, 0.6) is 0 Å². The van der Waals surface area contributed by atoms with Crippen molar-refractivity contribution in [3.05, 3.63) is 34.4 Å². The van der Waals surface area contributed by atoms with Gasteiger partial charge in [0.25, 0.3) is 17.5 Å². The van der Waals surface area contributed by atoms with Crippen molar-refractivity contribution in [3.8, 4) is 0 Å². The monoisotopic (exact) mass is 366 g/mol. The molecule has 1 aliphatic heterocycles. The first-order chi connectivity index (χ1) is 11.8. The van der Waals surface area contributed by atoms with Gasteiger partial charge >= 0.3 is 10.1 Å². The molecule has 1 aromatic carbocycles. The van der Waals surface area contributed by atoms with Gasteiger partial charge in [-0.15, -0.1) is 9.35 Å². The van der Waals surface area contributed by atoms with Crippen molar-refractivity contribution >= 4 is 27.6 Å². The van der Waals surface area contributed by atoms with Gasteiger partial charge in [0.2, 0.25) is 0 Å². The average molecular weight is 366 g/mol. The lowest BCUT2D eigenvalue weighted by Gasteiger charge is -2.18. The van der Waals surface area contributed by atoms with E-state index in [4.69, 9.17) is 4.28 Å². The Bertz CT molecular complexity index is 852. The van der Waals surface area contributed by atoms with Gasteiger partial charge in [-0.1, -0.05) is 0 Å². The second-order valence-corrected chi connectivity index (χ2v) is 8.16. The lowest BCUT2D eigenvalue weighted by molar-refractivity contribution is -0.384. The number of nitro groups is 1. The van der Waals surface area contributed by atoms with Gasteiger partial charge in [0.1, 0.15) is 0 Å². The van der Waals surface area contributed by atoms with Gasteiger partial charge in [-0.3, -0.25) is 19.7 Å². The second-order valence-electron chi connectivity index (χ2n) is 6.64. The van der Waals surface area contributed by atoms with E-state index < -0.39 is 38.7 Å². The highest BCUT2D eigenvalue weighted by Gasteiger charge is 2.62. The molecule has 2 saturated carbocycles. The van der Waals surface area contributed by atoms with E-state index in [-0.39, 0.29) is 22.4 Å². The van der Waals surface area contributed by atoms with Crippen molar-refractivity contribution in [3.63, 3.8) is 0 Å². The number of hydrogen-bond donors (Lipinski definition) is 0. The van der Waals surface area contributed by atoms with Gasteiger partial charge in [0, 0.05) is 12.1 Å². The normalized spacial score (nSPS) is 30.8. The Morgan fingerprint density at radius 3 is 2.04 bits per heavy atom. The van der Waals surface area contributed by atoms with E-state index in [0.717, 1.165) is 43.5 Å². The summed E-state index contributed by atoms with van der Waals surface area (Å²) in [6.07, 6.45) is 2.57. The number of fused-ring (bicyclic) bond motifs is 5. The van der Waals surface area contributed by atoms with Crippen LogP contribution < -0.4 is 0 Å². The number of carbonyl (C=O) groups is 2. The number of nitrogens with zero attached hydrogens (tertiary/aromatic N) is 2. The zero-order valence-corrected chi connectivity index (χ0v) is 13.7. The molecule has 3 fully saturated rings. The molecule has 9 nitrogen and oxygen atoms in total. The maximum absolute atomic E-state index is 12.5. The Labute approximate surface area is 142 Å². The van der Waals surface area contributed by atoms with Gasteiger partial charge in [-0.05, 0) is 43.2 Å². The summed E-state index contributed by atoms with van der Waals surface area (Å²) in [5.74, 6) is -1.96. The largest absolute Gasteiger partial charge is 0.318 e. The molecule has 0 aromatic heterocycles. The number of hydroxylamine groups is 2. The second kappa shape index (κ2) is 5.33. The van der Waals surface area contributed by atoms with Gasteiger partial charge in [0.15, 0.2) is 0 Å². The molecule has 25 heavy (non-hydrogen) atoms. The van der Waals surface area contributed by atoms with Crippen LogP contribution in [0.3, 0.4) is 0 Å². The summed E-state index contributed by atoms with van der Waals surface area (Å²) >= 11 is 0. The van der Waals surface area contributed by atoms with E-state index in [1.165, 1.54) is 0 Å². The fourth-order valence-corrected chi connectivity index (χ4v) is 5.23. The maximum Gasteiger partial charge on any atom is 0.318 e. The molecule has 0 N–H and O–H groups in total. The number of nitro benzene ring substituents is 1.